The van der Waals surface area contributed by atoms with Crippen molar-refractivity contribution in [3.8, 4) is 0 Å². The summed E-state index contributed by atoms with van der Waals surface area (Å²) < 4.78 is 0. The minimum Gasteiger partial charge on any atom is -0.478 e. The first-order chi connectivity index (χ1) is 10.1. The zero-order valence-corrected chi connectivity index (χ0v) is 12.0. The van der Waals surface area contributed by atoms with E-state index >= 15 is 0 Å². The molecule has 0 aliphatic rings. The van der Waals surface area contributed by atoms with E-state index in [2.05, 4.69) is 15.6 Å². The van der Waals surface area contributed by atoms with Crippen LogP contribution in [-0.4, -0.2) is 28.6 Å². The number of carboxylic acid groups (broad SMARTS) is 1. The first-order valence-corrected chi connectivity index (χ1v) is 7.25. The first-order valence-electron chi connectivity index (χ1n) is 6.37. The van der Waals surface area contributed by atoms with Gasteiger partial charge < -0.3 is 15.7 Å². The third-order valence-corrected chi connectivity index (χ3v) is 3.57. The van der Waals surface area contributed by atoms with Crippen LogP contribution in [0, 0.1) is 0 Å². The molecule has 0 aliphatic carbocycles. The predicted molar refractivity (Wildman–Crippen MR) is 79.5 cm³/mol. The molecule has 0 spiro atoms. The molecule has 0 unspecified atom stereocenters. The fraction of sp³-hybridized carbons (Fsp3) is 0.214. The molecule has 2 rings (SSSR count). The molecule has 0 atom stereocenters. The molecule has 0 fully saturated rings. The van der Waals surface area contributed by atoms with E-state index in [1.54, 1.807) is 29.7 Å². The van der Waals surface area contributed by atoms with Gasteiger partial charge in [0.2, 0.25) is 0 Å². The molecule has 3 N–H and O–H groups in total. The first kappa shape index (κ1) is 15.0. The maximum Gasteiger partial charge on any atom is 0.335 e. The molecule has 1 aromatic carbocycles. The van der Waals surface area contributed by atoms with Crippen molar-refractivity contribution in [2.45, 2.75) is 13.0 Å². The molecule has 1 heterocycles. The van der Waals surface area contributed by atoms with Crippen LogP contribution in [0.15, 0.2) is 35.8 Å². The number of benzene rings is 1. The lowest BCUT2D eigenvalue weighted by Crippen LogP contribution is -2.36. The smallest absolute Gasteiger partial charge is 0.335 e. The van der Waals surface area contributed by atoms with Crippen LogP contribution in [0.3, 0.4) is 0 Å². The van der Waals surface area contributed by atoms with Gasteiger partial charge in [-0.3, -0.25) is 0 Å². The largest absolute Gasteiger partial charge is 0.478 e. The molecular formula is C14H15N3O3S. The number of carbonyl (C=O) groups excluding carboxylic acids is 1. The maximum absolute atomic E-state index is 11.6. The van der Waals surface area contributed by atoms with Gasteiger partial charge in [-0.05, 0) is 17.7 Å². The molecule has 21 heavy (non-hydrogen) atoms. The molecule has 6 nitrogen and oxygen atoms in total. The Balaban J connectivity index is 1.73. The Morgan fingerprint density at radius 1 is 1.29 bits per heavy atom. The summed E-state index contributed by atoms with van der Waals surface area (Å²) >= 11 is 1.55. The van der Waals surface area contributed by atoms with Gasteiger partial charge in [0.1, 0.15) is 0 Å². The standard InChI is InChI=1S/C14H15N3O3S/c18-13(19)11-3-1-2-10(8-11)9-17-14(20)16-5-4-12-15-6-7-21-12/h1-3,6-8H,4-5,9H2,(H,18,19)(H2,16,17,20). The minimum atomic E-state index is -0.982. The lowest BCUT2D eigenvalue weighted by Gasteiger charge is -2.07. The topological polar surface area (TPSA) is 91.3 Å². The van der Waals surface area contributed by atoms with Crippen molar-refractivity contribution >= 4 is 23.3 Å². The molecule has 2 amide bonds. The van der Waals surface area contributed by atoms with Crippen LogP contribution in [-0.2, 0) is 13.0 Å². The quantitative estimate of drug-likeness (QED) is 0.760. The predicted octanol–water partition coefficient (Wildman–Crippen LogP) is 1.88. The average Bonchev–Trinajstić information content (AvgIpc) is 2.99. The molecule has 0 saturated carbocycles. The van der Waals surface area contributed by atoms with E-state index in [-0.39, 0.29) is 18.1 Å². The average molecular weight is 305 g/mol. The minimum absolute atomic E-state index is 0.207. The van der Waals surface area contributed by atoms with Crippen LogP contribution < -0.4 is 10.6 Å². The van der Waals surface area contributed by atoms with Gasteiger partial charge in [0.15, 0.2) is 0 Å². The lowest BCUT2D eigenvalue weighted by atomic mass is 10.1. The summed E-state index contributed by atoms with van der Waals surface area (Å²) in [7, 11) is 0. The fourth-order valence-electron chi connectivity index (χ4n) is 1.72. The van der Waals surface area contributed by atoms with Gasteiger partial charge in [0.25, 0.3) is 0 Å². The Labute approximate surface area is 125 Å². The number of hydrogen-bond acceptors (Lipinski definition) is 4. The number of carboxylic acids is 1. The highest BCUT2D eigenvalue weighted by atomic mass is 32.1. The van der Waals surface area contributed by atoms with Crippen molar-refractivity contribution in [3.05, 3.63) is 52.0 Å². The normalized spacial score (nSPS) is 10.1. The zero-order chi connectivity index (χ0) is 15.1. The zero-order valence-electron chi connectivity index (χ0n) is 11.2. The van der Waals surface area contributed by atoms with Crippen molar-refractivity contribution in [3.63, 3.8) is 0 Å². The van der Waals surface area contributed by atoms with Crippen LogP contribution in [0.1, 0.15) is 20.9 Å². The summed E-state index contributed by atoms with van der Waals surface area (Å²) in [5.74, 6) is -0.982. The second kappa shape index (κ2) is 7.39. The third-order valence-electron chi connectivity index (χ3n) is 2.73. The van der Waals surface area contributed by atoms with Gasteiger partial charge in [-0.1, -0.05) is 12.1 Å². The summed E-state index contributed by atoms with van der Waals surface area (Å²) in [6.07, 6.45) is 2.43. The van der Waals surface area contributed by atoms with Gasteiger partial charge in [-0.15, -0.1) is 11.3 Å². The highest BCUT2D eigenvalue weighted by Crippen LogP contribution is 2.05. The number of nitrogens with one attached hydrogen (secondary N) is 2. The van der Waals surface area contributed by atoms with E-state index in [4.69, 9.17) is 5.11 Å². The number of nitrogens with zero attached hydrogens (tertiary/aromatic N) is 1. The van der Waals surface area contributed by atoms with Gasteiger partial charge in [-0.25, -0.2) is 14.6 Å². The van der Waals surface area contributed by atoms with E-state index < -0.39 is 5.97 Å². The van der Waals surface area contributed by atoms with Gasteiger partial charge >= 0.3 is 12.0 Å². The summed E-state index contributed by atoms with van der Waals surface area (Å²) in [4.78, 5) is 26.6. The van der Waals surface area contributed by atoms with Crippen LogP contribution in [0.5, 0.6) is 0 Å². The number of carbonyl (C=O) groups is 2. The number of rotatable bonds is 6. The number of amides is 2. The van der Waals surface area contributed by atoms with Crippen LogP contribution in [0.25, 0.3) is 0 Å². The number of thiazole rings is 1. The summed E-state index contributed by atoms with van der Waals surface area (Å²) in [6.45, 7) is 0.790. The Hall–Kier alpha value is -2.41. The van der Waals surface area contributed by atoms with E-state index in [1.807, 2.05) is 5.38 Å². The molecule has 2 aromatic rings. The molecule has 0 saturated heterocycles. The SMILES string of the molecule is O=C(NCCc1nccs1)NCc1cccc(C(=O)O)c1. The number of hydrogen-bond donors (Lipinski definition) is 3. The fourth-order valence-corrected chi connectivity index (χ4v) is 2.34. The molecule has 1 aromatic heterocycles. The van der Waals surface area contributed by atoms with Crippen molar-refractivity contribution in [1.29, 1.82) is 0 Å². The van der Waals surface area contributed by atoms with E-state index in [0.717, 1.165) is 10.6 Å². The Kier molecular flexibility index (Phi) is 5.28. The Morgan fingerprint density at radius 2 is 2.14 bits per heavy atom. The van der Waals surface area contributed by atoms with Crippen LogP contribution in [0.4, 0.5) is 4.79 Å². The highest BCUT2D eigenvalue weighted by molar-refractivity contribution is 7.09. The molecule has 0 radical (unpaired) electrons. The van der Waals surface area contributed by atoms with Gasteiger partial charge in [-0.2, -0.15) is 0 Å². The van der Waals surface area contributed by atoms with Gasteiger partial charge in [0, 0.05) is 31.1 Å². The van der Waals surface area contributed by atoms with Crippen molar-refractivity contribution in [2.24, 2.45) is 0 Å². The molecule has 0 aliphatic heterocycles. The third kappa shape index (κ3) is 4.88. The van der Waals surface area contributed by atoms with Crippen LogP contribution >= 0.6 is 11.3 Å². The van der Waals surface area contributed by atoms with Crippen molar-refractivity contribution in [1.82, 2.24) is 15.6 Å². The monoisotopic (exact) mass is 305 g/mol. The second-order valence-electron chi connectivity index (χ2n) is 4.29. The van der Waals surface area contributed by atoms with Crippen molar-refractivity contribution in [2.75, 3.05) is 6.54 Å². The lowest BCUT2D eigenvalue weighted by molar-refractivity contribution is 0.0696. The molecule has 7 heteroatoms. The Bertz CT molecular complexity index is 614. The molecule has 110 valence electrons. The summed E-state index contributed by atoms with van der Waals surface area (Å²) in [5.41, 5.74) is 0.948. The molecular weight excluding hydrogens is 290 g/mol. The number of aromatic nitrogens is 1. The van der Waals surface area contributed by atoms with E-state index in [9.17, 15) is 9.59 Å². The van der Waals surface area contributed by atoms with E-state index in [1.165, 1.54) is 12.1 Å². The summed E-state index contributed by atoms with van der Waals surface area (Å²) in [6, 6.07) is 6.19. The highest BCUT2D eigenvalue weighted by Gasteiger charge is 2.05. The van der Waals surface area contributed by atoms with E-state index in [0.29, 0.717) is 13.0 Å². The maximum atomic E-state index is 11.6. The van der Waals surface area contributed by atoms with Crippen LogP contribution in [0.2, 0.25) is 0 Å². The number of urea groups is 1. The van der Waals surface area contributed by atoms with Crippen molar-refractivity contribution < 1.29 is 14.7 Å². The second-order valence-corrected chi connectivity index (χ2v) is 5.27. The molecule has 0 bridgehead atoms. The Morgan fingerprint density at radius 3 is 2.86 bits per heavy atom. The summed E-state index contributed by atoms with van der Waals surface area (Å²) in [5, 5.41) is 17.2. The van der Waals surface area contributed by atoms with Gasteiger partial charge in [0.05, 0.1) is 10.6 Å². The number of aromatic carboxylic acids is 1.